The number of ether oxygens (including phenoxy) is 2. The van der Waals surface area contributed by atoms with Crippen molar-refractivity contribution in [2.45, 2.75) is 76.2 Å². The van der Waals surface area contributed by atoms with E-state index in [0.29, 0.717) is 11.5 Å². The van der Waals surface area contributed by atoms with Crippen LogP contribution in [0.15, 0.2) is 79.4 Å². The lowest BCUT2D eigenvalue weighted by atomic mass is 9.71. The molecule has 5 rings (SSSR count). The van der Waals surface area contributed by atoms with E-state index in [0.717, 1.165) is 69.7 Å². The molecular weight excluding hydrogens is 490 g/mol. The van der Waals surface area contributed by atoms with Gasteiger partial charge in [0.15, 0.2) is 0 Å². The highest BCUT2D eigenvalue weighted by molar-refractivity contribution is 5.80. The average molecular weight is 538 g/mol. The Kier molecular flexibility index (Phi) is 9.78. The van der Waals surface area contributed by atoms with Crippen molar-refractivity contribution in [3.05, 3.63) is 107 Å². The summed E-state index contributed by atoms with van der Waals surface area (Å²) in [7, 11) is 2.18. The fraction of sp³-hybridized carbons (Fsp3) is 0.459. The minimum absolute atomic E-state index is 0.294. The van der Waals surface area contributed by atoms with Crippen LogP contribution in [-0.2, 0) is 16.6 Å². The Labute approximate surface area is 242 Å². The molecule has 2 aliphatic rings. The molecule has 0 amide bonds. The van der Waals surface area contributed by atoms with Crippen molar-refractivity contribution in [2.24, 2.45) is 0 Å². The lowest BCUT2D eigenvalue weighted by molar-refractivity contribution is 0.0458. The molecule has 3 aromatic rings. The fourth-order valence-electron chi connectivity index (χ4n) is 6.54. The molecule has 0 atom stereocenters. The maximum absolute atomic E-state index is 6.26. The molecule has 0 aromatic heterocycles. The summed E-state index contributed by atoms with van der Waals surface area (Å²) in [5.74, 6) is 0.964. The van der Waals surface area contributed by atoms with E-state index < -0.39 is 0 Å². The van der Waals surface area contributed by atoms with E-state index in [1.807, 2.05) is 0 Å². The second kappa shape index (κ2) is 13.7. The van der Waals surface area contributed by atoms with Crippen LogP contribution in [0.1, 0.15) is 79.2 Å². The van der Waals surface area contributed by atoms with Crippen molar-refractivity contribution in [3.8, 4) is 5.75 Å². The molecule has 0 spiro atoms. The van der Waals surface area contributed by atoms with Crippen LogP contribution >= 0.6 is 0 Å². The first-order valence-corrected chi connectivity index (χ1v) is 15.4. The Hall–Kier alpha value is -2.88. The first-order valence-electron chi connectivity index (χ1n) is 15.4. The maximum atomic E-state index is 6.26. The van der Waals surface area contributed by atoms with Gasteiger partial charge in [-0.15, -0.1) is 0 Å². The third kappa shape index (κ3) is 7.25. The summed E-state index contributed by atoms with van der Waals surface area (Å²) >= 11 is 0. The molecule has 0 unspecified atom stereocenters. The first kappa shape index (κ1) is 28.6. The van der Waals surface area contributed by atoms with Gasteiger partial charge in [0.05, 0.1) is 0 Å². The molecule has 2 aliphatic heterocycles. The lowest BCUT2D eigenvalue weighted by Crippen LogP contribution is -2.35. The summed E-state index contributed by atoms with van der Waals surface area (Å²) in [5, 5.41) is 0. The molecule has 3 heteroatoms. The van der Waals surface area contributed by atoms with E-state index >= 15 is 0 Å². The van der Waals surface area contributed by atoms with Crippen LogP contribution in [0, 0.1) is 6.92 Å². The van der Waals surface area contributed by atoms with Gasteiger partial charge in [-0.05, 0) is 110 Å². The fourth-order valence-corrected chi connectivity index (χ4v) is 6.54. The van der Waals surface area contributed by atoms with E-state index in [1.165, 1.54) is 53.5 Å². The van der Waals surface area contributed by atoms with E-state index in [9.17, 15) is 0 Å². The summed E-state index contributed by atoms with van der Waals surface area (Å²) in [4.78, 5) is 2.37. The first-order chi connectivity index (χ1) is 19.5. The minimum Gasteiger partial charge on any atom is -0.490 e. The smallest absolute Gasteiger partial charge is 0.119 e. The highest BCUT2D eigenvalue weighted by Gasteiger charge is 2.33. The highest BCUT2D eigenvalue weighted by atomic mass is 16.5. The number of likely N-dealkylation sites (tertiary alicyclic amines) is 1. The molecule has 3 nitrogen and oxygen atoms in total. The minimum atomic E-state index is 0.294. The zero-order chi connectivity index (χ0) is 27.8. The van der Waals surface area contributed by atoms with Gasteiger partial charge < -0.3 is 14.4 Å². The predicted molar refractivity (Wildman–Crippen MR) is 167 cm³/mol. The van der Waals surface area contributed by atoms with Gasteiger partial charge in [0.1, 0.15) is 11.9 Å². The zero-order valence-corrected chi connectivity index (χ0v) is 24.7. The van der Waals surface area contributed by atoms with Crippen LogP contribution in [0.5, 0.6) is 5.75 Å². The quantitative estimate of drug-likeness (QED) is 0.229. The molecule has 3 aromatic carbocycles. The molecule has 0 bridgehead atoms. The number of unbranched alkanes of at least 4 members (excludes halogenated alkanes) is 2. The summed E-state index contributed by atoms with van der Waals surface area (Å²) in [6, 6.07) is 26.6. The number of aryl methyl sites for hydroxylation is 2. The SMILES string of the molecule is C=C(c1ccc(OC2CCN(C)CC2)cc1)c1cc(CCCCCC2(c3ccccc3)CCOCC2)ccc1C. The Balaban J connectivity index is 1.14. The van der Waals surface area contributed by atoms with Crippen molar-refractivity contribution in [2.75, 3.05) is 33.4 Å². The Morgan fingerprint density at radius 2 is 1.65 bits per heavy atom. The number of hydrogen-bond donors (Lipinski definition) is 0. The maximum Gasteiger partial charge on any atom is 0.119 e. The largest absolute Gasteiger partial charge is 0.490 e. The molecule has 0 radical (unpaired) electrons. The van der Waals surface area contributed by atoms with E-state index in [2.05, 4.69) is 98.2 Å². The van der Waals surface area contributed by atoms with Gasteiger partial charge in [-0.25, -0.2) is 0 Å². The van der Waals surface area contributed by atoms with Gasteiger partial charge in [-0.1, -0.05) is 80.1 Å². The molecule has 2 saturated heterocycles. The topological polar surface area (TPSA) is 21.7 Å². The standard InChI is InChI=1S/C37H47NO2/c1-29-13-14-31(10-6-5-9-21-37(22-26-39-27-23-37)33-11-7-4-8-12-33)28-36(29)30(2)32-15-17-34(18-16-32)40-35-19-24-38(3)25-20-35/h4,7-8,11-18,28,35H,2,5-6,9-10,19-27H2,1,3H3. The number of nitrogens with zero attached hydrogens (tertiary/aromatic N) is 1. The van der Waals surface area contributed by atoms with E-state index in [1.54, 1.807) is 0 Å². The van der Waals surface area contributed by atoms with Crippen LogP contribution in [0.3, 0.4) is 0 Å². The van der Waals surface area contributed by atoms with E-state index in [4.69, 9.17) is 9.47 Å². The Morgan fingerprint density at radius 1 is 0.925 bits per heavy atom. The van der Waals surface area contributed by atoms with Crippen molar-refractivity contribution >= 4 is 5.57 Å². The third-order valence-corrected chi connectivity index (χ3v) is 9.26. The number of benzene rings is 3. The molecule has 0 N–H and O–H groups in total. The van der Waals surface area contributed by atoms with Crippen molar-refractivity contribution < 1.29 is 9.47 Å². The Morgan fingerprint density at radius 3 is 2.38 bits per heavy atom. The normalized spacial score (nSPS) is 17.9. The van der Waals surface area contributed by atoms with Gasteiger partial charge in [0, 0.05) is 26.3 Å². The number of piperidine rings is 1. The van der Waals surface area contributed by atoms with Crippen LogP contribution in [0.4, 0.5) is 0 Å². The average Bonchev–Trinajstić information content (AvgIpc) is 3.00. The highest BCUT2D eigenvalue weighted by Crippen LogP contribution is 2.39. The van der Waals surface area contributed by atoms with Crippen LogP contribution in [0.25, 0.3) is 5.57 Å². The number of hydrogen-bond acceptors (Lipinski definition) is 3. The van der Waals surface area contributed by atoms with Gasteiger partial charge >= 0.3 is 0 Å². The molecule has 0 saturated carbocycles. The molecule has 2 heterocycles. The summed E-state index contributed by atoms with van der Waals surface area (Å²) in [6.45, 7) is 10.7. The van der Waals surface area contributed by atoms with Gasteiger partial charge in [-0.3, -0.25) is 0 Å². The third-order valence-electron chi connectivity index (χ3n) is 9.26. The summed E-state index contributed by atoms with van der Waals surface area (Å²) in [6.07, 6.45) is 10.9. The van der Waals surface area contributed by atoms with Crippen molar-refractivity contribution in [1.82, 2.24) is 4.90 Å². The molecule has 40 heavy (non-hydrogen) atoms. The van der Waals surface area contributed by atoms with Gasteiger partial charge in [0.2, 0.25) is 0 Å². The summed E-state index contributed by atoms with van der Waals surface area (Å²) < 4.78 is 12.0. The molecule has 0 aliphatic carbocycles. The Bertz CT molecular complexity index is 1220. The van der Waals surface area contributed by atoms with E-state index in [-0.39, 0.29) is 0 Å². The van der Waals surface area contributed by atoms with Crippen molar-refractivity contribution in [3.63, 3.8) is 0 Å². The summed E-state index contributed by atoms with van der Waals surface area (Å²) in [5.41, 5.74) is 8.00. The predicted octanol–water partition coefficient (Wildman–Crippen LogP) is 8.38. The molecule has 2 fully saturated rings. The van der Waals surface area contributed by atoms with Crippen molar-refractivity contribution in [1.29, 1.82) is 0 Å². The van der Waals surface area contributed by atoms with Crippen LogP contribution < -0.4 is 4.74 Å². The van der Waals surface area contributed by atoms with Gasteiger partial charge in [-0.2, -0.15) is 0 Å². The lowest BCUT2D eigenvalue weighted by Gasteiger charge is -2.38. The zero-order valence-electron chi connectivity index (χ0n) is 24.7. The molecular formula is C37H47NO2. The van der Waals surface area contributed by atoms with Crippen LogP contribution in [0.2, 0.25) is 0 Å². The monoisotopic (exact) mass is 537 g/mol. The molecule has 212 valence electrons. The number of rotatable bonds is 11. The second-order valence-corrected chi connectivity index (χ2v) is 12.1. The van der Waals surface area contributed by atoms with Gasteiger partial charge in [0.25, 0.3) is 0 Å². The second-order valence-electron chi connectivity index (χ2n) is 12.1. The van der Waals surface area contributed by atoms with Crippen LogP contribution in [-0.4, -0.2) is 44.4 Å².